The van der Waals surface area contributed by atoms with Crippen LogP contribution in [0.15, 0.2) is 29.6 Å². The Morgan fingerprint density at radius 2 is 2.17 bits per heavy atom. The van der Waals surface area contributed by atoms with Crippen molar-refractivity contribution in [3.8, 4) is 5.75 Å². The van der Waals surface area contributed by atoms with Gasteiger partial charge in [-0.25, -0.2) is 0 Å². The van der Waals surface area contributed by atoms with Gasteiger partial charge in [0.05, 0.1) is 23.1 Å². The second kappa shape index (κ2) is 5.74. The maximum absolute atomic E-state index is 10.2. The van der Waals surface area contributed by atoms with Crippen LogP contribution in [0.3, 0.4) is 0 Å². The molecule has 1 atom stereocenters. The van der Waals surface area contributed by atoms with Crippen LogP contribution in [0.5, 0.6) is 5.75 Å². The first-order valence-corrected chi connectivity index (χ1v) is 6.92. The van der Waals surface area contributed by atoms with Crippen LogP contribution >= 0.6 is 22.9 Å². The third-order valence-corrected chi connectivity index (χ3v) is 4.26. The molecular weight excluding hydrogens is 268 g/mol. The topological polar surface area (TPSA) is 29.5 Å². The smallest absolute Gasteiger partial charge is 0.122 e. The number of rotatable bonds is 4. The van der Waals surface area contributed by atoms with Crippen molar-refractivity contribution in [2.24, 2.45) is 0 Å². The third-order valence-electron chi connectivity index (χ3n) is 2.80. The molecule has 0 aliphatic carbocycles. The molecule has 1 aromatic heterocycles. The number of aliphatic hydroxyl groups is 1. The van der Waals surface area contributed by atoms with Crippen LogP contribution < -0.4 is 4.74 Å². The van der Waals surface area contributed by atoms with Gasteiger partial charge in [-0.15, -0.1) is 11.3 Å². The number of benzene rings is 1. The Kier molecular flexibility index (Phi) is 4.27. The van der Waals surface area contributed by atoms with Crippen LogP contribution in [-0.4, -0.2) is 12.2 Å². The molecule has 1 unspecified atom stereocenters. The van der Waals surface area contributed by atoms with Gasteiger partial charge in [0.1, 0.15) is 5.75 Å². The zero-order valence-electron chi connectivity index (χ0n) is 10.3. The highest BCUT2D eigenvalue weighted by Crippen LogP contribution is 2.32. The van der Waals surface area contributed by atoms with Gasteiger partial charge in [-0.3, -0.25) is 0 Å². The average Bonchev–Trinajstić information content (AvgIpc) is 2.76. The molecule has 0 aliphatic heterocycles. The molecule has 2 nitrogen and oxygen atoms in total. The molecule has 0 saturated heterocycles. The van der Waals surface area contributed by atoms with Gasteiger partial charge >= 0.3 is 0 Å². The van der Waals surface area contributed by atoms with Crippen LogP contribution in [0.1, 0.15) is 22.1 Å². The Bertz CT molecular complexity index is 536. The summed E-state index contributed by atoms with van der Waals surface area (Å²) in [6, 6.07) is 7.75. The molecule has 96 valence electrons. The van der Waals surface area contributed by atoms with E-state index in [-0.39, 0.29) is 0 Å². The second-order valence-electron chi connectivity index (χ2n) is 4.17. The van der Waals surface area contributed by atoms with E-state index in [1.54, 1.807) is 13.2 Å². The van der Waals surface area contributed by atoms with Gasteiger partial charge in [-0.05, 0) is 30.0 Å². The van der Waals surface area contributed by atoms with Crippen molar-refractivity contribution in [1.29, 1.82) is 0 Å². The number of halogens is 1. The number of methoxy groups -OCH3 is 1. The van der Waals surface area contributed by atoms with Crippen molar-refractivity contribution in [3.63, 3.8) is 0 Å². The molecule has 4 heteroatoms. The number of aryl methyl sites for hydroxylation is 1. The van der Waals surface area contributed by atoms with Gasteiger partial charge in [0.2, 0.25) is 0 Å². The van der Waals surface area contributed by atoms with E-state index in [2.05, 4.69) is 0 Å². The average molecular weight is 283 g/mol. The third kappa shape index (κ3) is 2.86. The fraction of sp³-hybridized carbons (Fsp3) is 0.286. The fourth-order valence-corrected chi connectivity index (χ4v) is 3.08. The number of ether oxygens (including phenoxy) is 1. The summed E-state index contributed by atoms with van der Waals surface area (Å²) in [6.45, 7) is 2.02. The molecular formula is C14H15ClO2S. The van der Waals surface area contributed by atoms with Gasteiger partial charge in [0, 0.05) is 6.42 Å². The van der Waals surface area contributed by atoms with E-state index < -0.39 is 6.10 Å². The SMILES string of the molecule is COc1ccc(C)cc1CC(O)c1sccc1Cl. The minimum Gasteiger partial charge on any atom is -0.496 e. The van der Waals surface area contributed by atoms with E-state index in [0.717, 1.165) is 21.8 Å². The summed E-state index contributed by atoms with van der Waals surface area (Å²) in [7, 11) is 1.64. The number of hydrogen-bond donors (Lipinski definition) is 1. The molecule has 0 fully saturated rings. The molecule has 18 heavy (non-hydrogen) atoms. The summed E-state index contributed by atoms with van der Waals surface area (Å²) in [4.78, 5) is 0.806. The first-order valence-electron chi connectivity index (χ1n) is 5.66. The minimum absolute atomic E-state index is 0.505. The first kappa shape index (κ1) is 13.4. The largest absolute Gasteiger partial charge is 0.496 e. The highest BCUT2D eigenvalue weighted by atomic mass is 35.5. The Labute approximate surface area is 116 Å². The zero-order chi connectivity index (χ0) is 13.1. The highest BCUT2D eigenvalue weighted by molar-refractivity contribution is 7.10. The van der Waals surface area contributed by atoms with Crippen molar-refractivity contribution in [2.45, 2.75) is 19.4 Å². The molecule has 1 N–H and O–H groups in total. The predicted octanol–water partition coefficient (Wildman–Crippen LogP) is 3.99. The summed E-state index contributed by atoms with van der Waals surface area (Å²) < 4.78 is 5.31. The van der Waals surface area contributed by atoms with Crippen LogP contribution in [0.4, 0.5) is 0 Å². The van der Waals surface area contributed by atoms with Crippen molar-refractivity contribution < 1.29 is 9.84 Å². The molecule has 0 saturated carbocycles. The van der Waals surface area contributed by atoms with Crippen LogP contribution in [0, 0.1) is 6.92 Å². The molecule has 1 aromatic carbocycles. The van der Waals surface area contributed by atoms with E-state index in [4.69, 9.17) is 16.3 Å². The van der Waals surface area contributed by atoms with Crippen LogP contribution in [-0.2, 0) is 6.42 Å². The molecule has 0 spiro atoms. The number of thiophene rings is 1. The van der Waals surface area contributed by atoms with Gasteiger partial charge in [0.15, 0.2) is 0 Å². The lowest BCUT2D eigenvalue weighted by molar-refractivity contribution is 0.181. The first-order chi connectivity index (χ1) is 8.61. The normalized spacial score (nSPS) is 12.4. The minimum atomic E-state index is -0.590. The summed E-state index contributed by atoms with van der Waals surface area (Å²) in [6.07, 6.45) is -0.0846. The lowest BCUT2D eigenvalue weighted by atomic mass is 10.0. The maximum Gasteiger partial charge on any atom is 0.122 e. The lowest BCUT2D eigenvalue weighted by Gasteiger charge is -2.13. The van der Waals surface area contributed by atoms with E-state index in [0.29, 0.717) is 11.4 Å². The maximum atomic E-state index is 10.2. The number of hydrogen-bond acceptors (Lipinski definition) is 3. The lowest BCUT2D eigenvalue weighted by Crippen LogP contribution is -2.02. The van der Waals surface area contributed by atoms with Gasteiger partial charge in [-0.2, -0.15) is 0 Å². The quantitative estimate of drug-likeness (QED) is 0.919. The van der Waals surface area contributed by atoms with Gasteiger partial charge < -0.3 is 9.84 Å². The van der Waals surface area contributed by atoms with E-state index in [1.807, 2.05) is 30.5 Å². The van der Waals surface area contributed by atoms with Gasteiger partial charge in [-0.1, -0.05) is 29.3 Å². The zero-order valence-corrected chi connectivity index (χ0v) is 11.9. The summed E-state index contributed by atoms with van der Waals surface area (Å²) in [5, 5.41) is 12.7. The van der Waals surface area contributed by atoms with Crippen molar-refractivity contribution >= 4 is 22.9 Å². The summed E-state index contributed by atoms with van der Waals surface area (Å²) >= 11 is 7.50. The van der Waals surface area contributed by atoms with Crippen molar-refractivity contribution in [2.75, 3.05) is 7.11 Å². The van der Waals surface area contributed by atoms with E-state index in [9.17, 15) is 5.11 Å². The molecule has 1 heterocycles. The van der Waals surface area contributed by atoms with Crippen molar-refractivity contribution in [3.05, 3.63) is 50.7 Å². The Morgan fingerprint density at radius 1 is 1.39 bits per heavy atom. The van der Waals surface area contributed by atoms with Crippen molar-refractivity contribution in [1.82, 2.24) is 0 Å². The molecule has 0 aliphatic rings. The van der Waals surface area contributed by atoms with Crippen LogP contribution in [0.2, 0.25) is 5.02 Å². The fourth-order valence-electron chi connectivity index (χ4n) is 1.91. The molecule has 2 aromatic rings. The summed E-state index contributed by atoms with van der Waals surface area (Å²) in [5.74, 6) is 0.798. The van der Waals surface area contributed by atoms with Gasteiger partial charge in [0.25, 0.3) is 0 Å². The monoisotopic (exact) mass is 282 g/mol. The second-order valence-corrected chi connectivity index (χ2v) is 5.52. The van der Waals surface area contributed by atoms with Crippen LogP contribution in [0.25, 0.3) is 0 Å². The molecule has 0 bridgehead atoms. The number of aliphatic hydroxyl groups excluding tert-OH is 1. The summed E-state index contributed by atoms with van der Waals surface area (Å²) in [5.41, 5.74) is 2.14. The molecule has 0 radical (unpaired) electrons. The Hall–Kier alpha value is -1.03. The predicted molar refractivity (Wildman–Crippen MR) is 75.7 cm³/mol. The Balaban J connectivity index is 2.23. The highest BCUT2D eigenvalue weighted by Gasteiger charge is 2.16. The van der Waals surface area contributed by atoms with E-state index >= 15 is 0 Å². The molecule has 0 amide bonds. The van der Waals surface area contributed by atoms with E-state index in [1.165, 1.54) is 11.3 Å². The molecule has 2 rings (SSSR count). The standard InChI is InChI=1S/C14H15ClO2S/c1-9-3-4-13(17-2)10(7-9)8-12(16)14-11(15)5-6-18-14/h3-7,12,16H,8H2,1-2H3. The Morgan fingerprint density at radius 3 is 2.78 bits per heavy atom.